The fraction of sp³-hybridized carbons (Fsp3) is 0.235. The lowest BCUT2D eigenvalue weighted by Crippen LogP contribution is -2.26. The summed E-state index contributed by atoms with van der Waals surface area (Å²) in [4.78, 5) is 12.3. The third kappa shape index (κ3) is 4.99. The molecule has 0 aliphatic carbocycles. The number of ether oxygens (including phenoxy) is 1. The maximum absolute atomic E-state index is 12.3. The summed E-state index contributed by atoms with van der Waals surface area (Å²) >= 11 is 0. The zero-order chi connectivity index (χ0) is 17.7. The molecule has 1 atom stereocenters. The quantitative estimate of drug-likeness (QED) is 0.840. The largest absolute Gasteiger partial charge is 0.497 e. The summed E-state index contributed by atoms with van der Waals surface area (Å²) in [5.41, 5.74) is 1.78. The molecule has 0 aliphatic rings. The topological polar surface area (TPSA) is 84.5 Å². The van der Waals surface area contributed by atoms with Gasteiger partial charge in [-0.2, -0.15) is 0 Å². The molecule has 0 fully saturated rings. The number of amides is 1. The van der Waals surface area contributed by atoms with Gasteiger partial charge in [0.15, 0.2) is 0 Å². The van der Waals surface area contributed by atoms with E-state index in [0.717, 1.165) is 11.8 Å². The molecule has 1 amide bonds. The molecule has 0 heterocycles. The number of hydrogen-bond acceptors (Lipinski definition) is 4. The Hall–Kier alpha value is -2.54. The molecular formula is C17H20N2O4S. The van der Waals surface area contributed by atoms with Gasteiger partial charge in [0.2, 0.25) is 10.0 Å². The lowest BCUT2D eigenvalue weighted by molar-refractivity contribution is 0.0940. The Labute approximate surface area is 141 Å². The molecule has 0 aliphatic heterocycles. The maximum Gasteiger partial charge on any atom is 0.251 e. The van der Waals surface area contributed by atoms with Crippen molar-refractivity contribution in [1.29, 1.82) is 0 Å². The third-order valence-corrected chi connectivity index (χ3v) is 4.00. The van der Waals surface area contributed by atoms with E-state index in [9.17, 15) is 13.2 Å². The average molecular weight is 348 g/mol. The second-order valence-corrected chi connectivity index (χ2v) is 7.17. The van der Waals surface area contributed by atoms with Crippen LogP contribution < -0.4 is 14.8 Å². The highest BCUT2D eigenvalue weighted by Gasteiger charge is 2.12. The number of methoxy groups -OCH3 is 1. The van der Waals surface area contributed by atoms with Gasteiger partial charge in [-0.05, 0) is 48.9 Å². The second kappa shape index (κ2) is 7.35. The molecule has 0 unspecified atom stereocenters. The molecule has 0 saturated heterocycles. The number of anilines is 1. The van der Waals surface area contributed by atoms with Crippen LogP contribution in [-0.4, -0.2) is 27.7 Å². The van der Waals surface area contributed by atoms with Crippen molar-refractivity contribution in [3.8, 4) is 5.75 Å². The maximum atomic E-state index is 12.3. The number of nitrogens with one attached hydrogen (secondary N) is 2. The molecule has 2 N–H and O–H groups in total. The molecule has 0 saturated carbocycles. The van der Waals surface area contributed by atoms with Gasteiger partial charge in [0.25, 0.3) is 5.91 Å². The number of benzene rings is 2. The van der Waals surface area contributed by atoms with Crippen molar-refractivity contribution >= 4 is 21.6 Å². The Balaban J connectivity index is 2.09. The Morgan fingerprint density at radius 3 is 2.38 bits per heavy atom. The molecule has 2 aromatic carbocycles. The Bertz CT molecular complexity index is 817. The first kappa shape index (κ1) is 17.8. The monoisotopic (exact) mass is 348 g/mol. The molecule has 0 radical (unpaired) electrons. The van der Waals surface area contributed by atoms with Crippen molar-refractivity contribution in [2.24, 2.45) is 0 Å². The summed E-state index contributed by atoms with van der Waals surface area (Å²) < 4.78 is 30.1. The van der Waals surface area contributed by atoms with Gasteiger partial charge in [-0.1, -0.05) is 12.1 Å². The molecule has 0 bridgehead atoms. The molecule has 0 aromatic heterocycles. The van der Waals surface area contributed by atoms with E-state index in [4.69, 9.17) is 4.74 Å². The summed E-state index contributed by atoms with van der Waals surface area (Å²) in [5.74, 6) is 0.464. The van der Waals surface area contributed by atoms with Gasteiger partial charge in [0.05, 0.1) is 19.4 Å². The minimum Gasteiger partial charge on any atom is -0.497 e. The second-order valence-electron chi connectivity index (χ2n) is 5.42. The predicted octanol–water partition coefficient (Wildman–Crippen LogP) is 2.56. The zero-order valence-corrected chi connectivity index (χ0v) is 14.6. The SMILES string of the molecule is COc1ccc(C(=O)N[C@@H](C)c2cccc(NS(C)(=O)=O)c2)cc1. The van der Waals surface area contributed by atoms with Crippen LogP contribution in [0.1, 0.15) is 28.9 Å². The van der Waals surface area contributed by atoms with Crippen LogP contribution in [0.15, 0.2) is 48.5 Å². The summed E-state index contributed by atoms with van der Waals surface area (Å²) in [7, 11) is -1.78. The predicted molar refractivity (Wildman–Crippen MR) is 93.8 cm³/mol. The highest BCUT2D eigenvalue weighted by atomic mass is 32.2. The molecule has 24 heavy (non-hydrogen) atoms. The van der Waals surface area contributed by atoms with Crippen molar-refractivity contribution in [2.75, 3.05) is 18.1 Å². The molecule has 128 valence electrons. The number of sulfonamides is 1. The van der Waals surface area contributed by atoms with Crippen LogP contribution in [0.2, 0.25) is 0 Å². The summed E-state index contributed by atoms with van der Waals surface area (Å²) in [5, 5.41) is 2.88. The molecule has 2 aromatic rings. The lowest BCUT2D eigenvalue weighted by atomic mass is 10.1. The van der Waals surface area contributed by atoms with Crippen LogP contribution in [0.4, 0.5) is 5.69 Å². The standard InChI is InChI=1S/C17H20N2O4S/c1-12(14-5-4-6-15(11-14)19-24(3,21)22)18-17(20)13-7-9-16(23-2)10-8-13/h4-12,19H,1-3H3,(H,18,20)/t12-/m0/s1. The van der Waals surface area contributed by atoms with Crippen molar-refractivity contribution in [3.05, 3.63) is 59.7 Å². The van der Waals surface area contributed by atoms with E-state index in [1.54, 1.807) is 49.6 Å². The van der Waals surface area contributed by atoms with E-state index >= 15 is 0 Å². The van der Waals surface area contributed by atoms with Gasteiger partial charge < -0.3 is 10.1 Å². The van der Waals surface area contributed by atoms with Crippen LogP contribution in [0.25, 0.3) is 0 Å². The van der Waals surface area contributed by atoms with E-state index in [0.29, 0.717) is 17.0 Å². The molecule has 2 rings (SSSR count). The summed E-state index contributed by atoms with van der Waals surface area (Å²) in [6, 6.07) is 13.4. The minimum absolute atomic E-state index is 0.216. The van der Waals surface area contributed by atoms with E-state index < -0.39 is 10.0 Å². The lowest BCUT2D eigenvalue weighted by Gasteiger charge is -2.16. The van der Waals surface area contributed by atoms with Gasteiger partial charge in [0, 0.05) is 11.3 Å². The van der Waals surface area contributed by atoms with Gasteiger partial charge in [0.1, 0.15) is 5.75 Å². The zero-order valence-electron chi connectivity index (χ0n) is 13.7. The highest BCUT2D eigenvalue weighted by Crippen LogP contribution is 2.19. The van der Waals surface area contributed by atoms with Gasteiger partial charge in [-0.15, -0.1) is 0 Å². The fourth-order valence-electron chi connectivity index (χ4n) is 2.19. The van der Waals surface area contributed by atoms with Crippen LogP contribution in [0.5, 0.6) is 5.75 Å². The number of carbonyl (C=O) groups excluding carboxylic acids is 1. The van der Waals surface area contributed by atoms with E-state index in [-0.39, 0.29) is 11.9 Å². The van der Waals surface area contributed by atoms with Crippen molar-refractivity contribution in [1.82, 2.24) is 5.32 Å². The van der Waals surface area contributed by atoms with Gasteiger partial charge >= 0.3 is 0 Å². The number of rotatable bonds is 6. The first-order valence-electron chi connectivity index (χ1n) is 7.31. The molecular weight excluding hydrogens is 328 g/mol. The number of carbonyl (C=O) groups is 1. The normalized spacial score (nSPS) is 12.3. The number of hydrogen-bond donors (Lipinski definition) is 2. The van der Waals surface area contributed by atoms with Crippen molar-refractivity contribution < 1.29 is 17.9 Å². The average Bonchev–Trinajstić information content (AvgIpc) is 2.53. The Morgan fingerprint density at radius 2 is 1.79 bits per heavy atom. The van der Waals surface area contributed by atoms with E-state index in [1.165, 1.54) is 0 Å². The summed E-state index contributed by atoms with van der Waals surface area (Å²) in [6.45, 7) is 1.83. The van der Waals surface area contributed by atoms with Crippen molar-refractivity contribution in [2.45, 2.75) is 13.0 Å². The Kier molecular flexibility index (Phi) is 5.46. The molecule has 6 nitrogen and oxygen atoms in total. The van der Waals surface area contributed by atoms with E-state index in [2.05, 4.69) is 10.0 Å². The van der Waals surface area contributed by atoms with Crippen LogP contribution in [-0.2, 0) is 10.0 Å². The van der Waals surface area contributed by atoms with E-state index in [1.807, 2.05) is 13.0 Å². The summed E-state index contributed by atoms with van der Waals surface area (Å²) in [6.07, 6.45) is 1.09. The fourth-order valence-corrected chi connectivity index (χ4v) is 2.75. The molecule has 7 heteroatoms. The first-order valence-corrected chi connectivity index (χ1v) is 9.20. The Morgan fingerprint density at radius 1 is 1.12 bits per heavy atom. The van der Waals surface area contributed by atoms with Crippen LogP contribution in [0.3, 0.4) is 0 Å². The van der Waals surface area contributed by atoms with Gasteiger partial charge in [-0.25, -0.2) is 8.42 Å². The van der Waals surface area contributed by atoms with Crippen LogP contribution in [0, 0.1) is 0 Å². The minimum atomic E-state index is -3.34. The third-order valence-electron chi connectivity index (χ3n) is 3.39. The van der Waals surface area contributed by atoms with Crippen LogP contribution >= 0.6 is 0 Å². The first-order chi connectivity index (χ1) is 11.3. The highest BCUT2D eigenvalue weighted by molar-refractivity contribution is 7.92. The van der Waals surface area contributed by atoms with Gasteiger partial charge in [-0.3, -0.25) is 9.52 Å². The smallest absolute Gasteiger partial charge is 0.251 e. The van der Waals surface area contributed by atoms with Crippen molar-refractivity contribution in [3.63, 3.8) is 0 Å². The molecule has 0 spiro atoms.